The first kappa shape index (κ1) is 17.6. The molecule has 0 bridgehead atoms. The summed E-state index contributed by atoms with van der Waals surface area (Å²) in [5, 5.41) is 16.8. The minimum absolute atomic E-state index is 0.00725. The Labute approximate surface area is 149 Å². The smallest absolute Gasteiger partial charge is 0.230 e. The van der Waals surface area contributed by atoms with Gasteiger partial charge in [0, 0.05) is 6.54 Å². The summed E-state index contributed by atoms with van der Waals surface area (Å²) in [6, 6.07) is 17.7. The Kier molecular flexibility index (Phi) is 5.51. The molecule has 1 unspecified atom stereocenters. The molecule has 1 saturated heterocycles. The first-order valence-electron chi connectivity index (χ1n) is 8.92. The van der Waals surface area contributed by atoms with Gasteiger partial charge in [-0.3, -0.25) is 4.79 Å². The Bertz CT molecular complexity index is 709. The number of rotatable bonds is 5. The van der Waals surface area contributed by atoms with Gasteiger partial charge in [-0.15, -0.1) is 0 Å². The quantitative estimate of drug-likeness (QED) is 0.785. The standard InChI is InChI=1S/C21H26N2O2/c1-16-7-5-6-10-18(16)19(24)15-23-20(25)21(11-13-22-14-12-21)17-8-3-2-4-9-17/h2-10,19,22,24H,11-15H2,1H3,(H,23,25). The molecule has 25 heavy (non-hydrogen) atoms. The van der Waals surface area contributed by atoms with Crippen LogP contribution in [0.5, 0.6) is 0 Å². The van der Waals surface area contributed by atoms with E-state index in [1.54, 1.807) is 0 Å². The lowest BCUT2D eigenvalue weighted by Gasteiger charge is -2.37. The van der Waals surface area contributed by atoms with Crippen molar-refractivity contribution in [2.45, 2.75) is 31.3 Å². The van der Waals surface area contributed by atoms with Crippen molar-refractivity contribution in [3.8, 4) is 0 Å². The van der Waals surface area contributed by atoms with Gasteiger partial charge in [0.1, 0.15) is 0 Å². The zero-order chi connectivity index (χ0) is 17.7. The molecule has 0 aromatic heterocycles. The molecule has 0 spiro atoms. The van der Waals surface area contributed by atoms with Crippen molar-refractivity contribution in [2.75, 3.05) is 19.6 Å². The monoisotopic (exact) mass is 338 g/mol. The minimum atomic E-state index is -0.695. The summed E-state index contributed by atoms with van der Waals surface area (Å²) in [5.41, 5.74) is 2.43. The van der Waals surface area contributed by atoms with Crippen molar-refractivity contribution in [1.82, 2.24) is 10.6 Å². The highest BCUT2D eigenvalue weighted by atomic mass is 16.3. The van der Waals surface area contributed by atoms with Crippen LogP contribution in [0.3, 0.4) is 0 Å². The summed E-state index contributed by atoms with van der Waals surface area (Å²) in [6.45, 7) is 3.84. The van der Waals surface area contributed by atoms with Crippen LogP contribution >= 0.6 is 0 Å². The van der Waals surface area contributed by atoms with Crippen molar-refractivity contribution >= 4 is 5.91 Å². The van der Waals surface area contributed by atoms with Crippen LogP contribution in [0.2, 0.25) is 0 Å². The van der Waals surface area contributed by atoms with Gasteiger partial charge in [-0.05, 0) is 49.5 Å². The number of carbonyl (C=O) groups excluding carboxylic acids is 1. The Morgan fingerprint density at radius 2 is 1.76 bits per heavy atom. The molecule has 4 nitrogen and oxygen atoms in total. The number of benzene rings is 2. The van der Waals surface area contributed by atoms with Crippen molar-refractivity contribution in [2.24, 2.45) is 0 Å². The molecular weight excluding hydrogens is 312 g/mol. The molecule has 0 aliphatic carbocycles. The van der Waals surface area contributed by atoms with Crippen molar-refractivity contribution in [1.29, 1.82) is 0 Å². The molecule has 0 radical (unpaired) electrons. The minimum Gasteiger partial charge on any atom is -0.387 e. The van der Waals surface area contributed by atoms with E-state index in [0.29, 0.717) is 0 Å². The summed E-state index contributed by atoms with van der Waals surface area (Å²) in [5.74, 6) is 0.00725. The molecule has 3 N–H and O–H groups in total. The van der Waals surface area contributed by atoms with E-state index in [2.05, 4.69) is 10.6 Å². The Hall–Kier alpha value is -2.17. The van der Waals surface area contributed by atoms with Gasteiger partial charge >= 0.3 is 0 Å². The SMILES string of the molecule is Cc1ccccc1C(O)CNC(=O)C1(c2ccccc2)CCNCC1. The first-order chi connectivity index (χ1) is 12.1. The second-order valence-corrected chi connectivity index (χ2v) is 6.78. The number of nitrogens with one attached hydrogen (secondary N) is 2. The molecule has 1 amide bonds. The Morgan fingerprint density at radius 3 is 2.44 bits per heavy atom. The molecule has 132 valence electrons. The fraction of sp³-hybridized carbons (Fsp3) is 0.381. The van der Waals surface area contributed by atoms with E-state index in [4.69, 9.17) is 0 Å². The molecule has 1 aliphatic rings. The molecule has 0 saturated carbocycles. The summed E-state index contributed by atoms with van der Waals surface area (Å²) in [7, 11) is 0. The third-order valence-corrected chi connectivity index (χ3v) is 5.22. The number of aliphatic hydroxyl groups is 1. The zero-order valence-electron chi connectivity index (χ0n) is 14.7. The van der Waals surface area contributed by atoms with Crippen LogP contribution in [0.15, 0.2) is 54.6 Å². The van der Waals surface area contributed by atoms with E-state index in [1.807, 2.05) is 61.5 Å². The highest BCUT2D eigenvalue weighted by molar-refractivity contribution is 5.88. The average Bonchev–Trinajstić information content (AvgIpc) is 2.67. The summed E-state index contributed by atoms with van der Waals surface area (Å²) in [6.07, 6.45) is 0.840. The number of aryl methyl sites for hydroxylation is 1. The summed E-state index contributed by atoms with van der Waals surface area (Å²) in [4.78, 5) is 13.1. The third-order valence-electron chi connectivity index (χ3n) is 5.22. The number of hydrogen-bond acceptors (Lipinski definition) is 3. The normalized spacial score (nSPS) is 17.7. The van der Waals surface area contributed by atoms with Crippen LogP contribution in [0.4, 0.5) is 0 Å². The second-order valence-electron chi connectivity index (χ2n) is 6.78. The lowest BCUT2D eigenvalue weighted by molar-refractivity contribution is -0.128. The molecule has 1 aliphatic heterocycles. The molecule has 1 fully saturated rings. The molecule has 1 atom stereocenters. The highest BCUT2D eigenvalue weighted by Gasteiger charge is 2.41. The number of piperidine rings is 1. The molecule has 2 aromatic carbocycles. The largest absolute Gasteiger partial charge is 0.387 e. The average molecular weight is 338 g/mol. The van der Waals surface area contributed by atoms with E-state index in [9.17, 15) is 9.90 Å². The number of hydrogen-bond donors (Lipinski definition) is 3. The maximum atomic E-state index is 13.1. The second kappa shape index (κ2) is 7.81. The first-order valence-corrected chi connectivity index (χ1v) is 8.92. The lowest BCUT2D eigenvalue weighted by Crippen LogP contribution is -2.51. The predicted octanol–water partition coefficient (Wildman–Crippen LogP) is 2.47. The van der Waals surface area contributed by atoms with Gasteiger partial charge in [-0.2, -0.15) is 0 Å². The van der Waals surface area contributed by atoms with Crippen molar-refractivity contribution in [3.63, 3.8) is 0 Å². The molecule has 4 heteroatoms. The van der Waals surface area contributed by atoms with Gasteiger partial charge in [0.15, 0.2) is 0 Å². The van der Waals surface area contributed by atoms with Gasteiger partial charge in [0.05, 0.1) is 11.5 Å². The zero-order valence-corrected chi connectivity index (χ0v) is 14.7. The summed E-state index contributed by atoms with van der Waals surface area (Å²) >= 11 is 0. The molecule has 1 heterocycles. The molecular formula is C21H26N2O2. The number of carbonyl (C=O) groups is 1. The van der Waals surface area contributed by atoms with Gasteiger partial charge in [-0.1, -0.05) is 54.6 Å². The van der Waals surface area contributed by atoms with Gasteiger partial charge in [0.25, 0.3) is 0 Å². The van der Waals surface area contributed by atoms with E-state index >= 15 is 0 Å². The van der Waals surface area contributed by atoms with Crippen LogP contribution in [0.1, 0.15) is 35.6 Å². The predicted molar refractivity (Wildman–Crippen MR) is 99.4 cm³/mol. The fourth-order valence-corrected chi connectivity index (χ4v) is 3.69. The van der Waals surface area contributed by atoms with Crippen molar-refractivity contribution in [3.05, 3.63) is 71.3 Å². The number of aliphatic hydroxyl groups excluding tert-OH is 1. The topological polar surface area (TPSA) is 61.4 Å². The maximum absolute atomic E-state index is 13.1. The Morgan fingerprint density at radius 1 is 1.12 bits per heavy atom. The number of amides is 1. The van der Waals surface area contributed by atoms with E-state index in [-0.39, 0.29) is 12.5 Å². The van der Waals surface area contributed by atoms with Crippen LogP contribution in [-0.4, -0.2) is 30.6 Å². The Balaban J connectivity index is 1.74. The molecule has 3 rings (SSSR count). The van der Waals surface area contributed by atoms with E-state index in [1.165, 1.54) is 0 Å². The van der Waals surface area contributed by atoms with Gasteiger partial charge in [-0.25, -0.2) is 0 Å². The van der Waals surface area contributed by atoms with Crippen LogP contribution in [0.25, 0.3) is 0 Å². The summed E-state index contributed by atoms with van der Waals surface area (Å²) < 4.78 is 0. The molecule has 2 aromatic rings. The van der Waals surface area contributed by atoms with E-state index < -0.39 is 11.5 Å². The van der Waals surface area contributed by atoms with Gasteiger partial charge in [0.2, 0.25) is 5.91 Å². The van der Waals surface area contributed by atoms with Gasteiger partial charge < -0.3 is 15.7 Å². The maximum Gasteiger partial charge on any atom is 0.230 e. The van der Waals surface area contributed by atoms with E-state index in [0.717, 1.165) is 42.6 Å². The van der Waals surface area contributed by atoms with Crippen LogP contribution in [-0.2, 0) is 10.2 Å². The van der Waals surface area contributed by atoms with Crippen LogP contribution < -0.4 is 10.6 Å². The van der Waals surface area contributed by atoms with Crippen molar-refractivity contribution < 1.29 is 9.90 Å². The fourth-order valence-electron chi connectivity index (χ4n) is 3.69. The van der Waals surface area contributed by atoms with Crippen LogP contribution in [0, 0.1) is 6.92 Å². The highest BCUT2D eigenvalue weighted by Crippen LogP contribution is 2.34. The lowest BCUT2D eigenvalue weighted by atomic mass is 9.72. The third kappa shape index (κ3) is 3.75.